The molecule has 0 aliphatic carbocycles. The predicted molar refractivity (Wildman–Crippen MR) is 66.4 cm³/mol. The van der Waals surface area contributed by atoms with Crippen LogP contribution in [0.5, 0.6) is 0 Å². The molecule has 2 unspecified atom stereocenters. The van der Waals surface area contributed by atoms with E-state index in [1.54, 1.807) is 0 Å². The second kappa shape index (κ2) is 3.61. The molecule has 3 aliphatic heterocycles. The minimum atomic E-state index is -0.423. The number of rotatable bonds is 0. The van der Waals surface area contributed by atoms with Gasteiger partial charge in [0.1, 0.15) is 5.60 Å². The third-order valence-corrected chi connectivity index (χ3v) is 4.45. The summed E-state index contributed by atoms with van der Waals surface area (Å²) in [6.45, 7) is 10.7. The number of nitrogens with one attached hydrogen (secondary N) is 1. The number of hydrogen-bond donors (Lipinski definition) is 1. The fourth-order valence-electron chi connectivity index (χ4n) is 3.55. The molecular formula is C13H22N2O3. The van der Waals surface area contributed by atoms with Crippen molar-refractivity contribution in [3.05, 3.63) is 0 Å². The van der Waals surface area contributed by atoms with Crippen molar-refractivity contribution < 1.29 is 14.3 Å². The number of amides is 1. The summed E-state index contributed by atoms with van der Waals surface area (Å²) in [6, 6.07) is 0. The number of carbonyl (C=O) groups is 1. The topological polar surface area (TPSA) is 50.8 Å². The van der Waals surface area contributed by atoms with Gasteiger partial charge in [0.15, 0.2) is 0 Å². The van der Waals surface area contributed by atoms with E-state index in [9.17, 15) is 4.79 Å². The van der Waals surface area contributed by atoms with Crippen LogP contribution < -0.4 is 5.32 Å². The van der Waals surface area contributed by atoms with E-state index in [2.05, 4.69) is 5.32 Å². The molecule has 2 atom stereocenters. The van der Waals surface area contributed by atoms with Gasteiger partial charge in [-0.2, -0.15) is 0 Å². The zero-order valence-electron chi connectivity index (χ0n) is 11.4. The number of hydrogen-bond acceptors (Lipinski definition) is 4. The summed E-state index contributed by atoms with van der Waals surface area (Å²) >= 11 is 0. The van der Waals surface area contributed by atoms with Crippen molar-refractivity contribution in [3.8, 4) is 0 Å². The molecule has 0 spiro atoms. The maximum atomic E-state index is 12.2. The van der Waals surface area contributed by atoms with Crippen LogP contribution >= 0.6 is 0 Å². The zero-order valence-corrected chi connectivity index (χ0v) is 11.4. The van der Waals surface area contributed by atoms with Gasteiger partial charge in [-0.15, -0.1) is 0 Å². The second-order valence-electron chi connectivity index (χ2n) is 6.99. The van der Waals surface area contributed by atoms with Crippen LogP contribution in [0.15, 0.2) is 0 Å². The van der Waals surface area contributed by atoms with Gasteiger partial charge in [-0.3, -0.25) is 0 Å². The molecule has 3 heterocycles. The van der Waals surface area contributed by atoms with Crippen molar-refractivity contribution in [2.45, 2.75) is 26.4 Å². The normalized spacial score (nSPS) is 38.7. The molecule has 5 nitrogen and oxygen atoms in total. The molecule has 1 N–H and O–H groups in total. The molecule has 1 amide bonds. The molecular weight excluding hydrogens is 232 g/mol. The first-order valence-electron chi connectivity index (χ1n) is 6.62. The third-order valence-electron chi connectivity index (χ3n) is 4.45. The molecule has 0 aromatic rings. The van der Waals surface area contributed by atoms with Crippen molar-refractivity contribution in [2.75, 3.05) is 39.4 Å². The highest BCUT2D eigenvalue weighted by Crippen LogP contribution is 2.53. The Hall–Kier alpha value is -0.810. The van der Waals surface area contributed by atoms with E-state index >= 15 is 0 Å². The summed E-state index contributed by atoms with van der Waals surface area (Å²) in [6.07, 6.45) is -0.183. The monoisotopic (exact) mass is 254 g/mol. The minimum absolute atomic E-state index is 0.115. The Morgan fingerprint density at radius 3 is 2.28 bits per heavy atom. The molecule has 3 rings (SSSR count). The van der Waals surface area contributed by atoms with E-state index in [-0.39, 0.29) is 16.9 Å². The van der Waals surface area contributed by atoms with Crippen LogP contribution in [0.1, 0.15) is 20.8 Å². The molecule has 3 fully saturated rings. The molecule has 18 heavy (non-hydrogen) atoms. The number of carbonyl (C=O) groups excluding carboxylic acids is 1. The fourth-order valence-corrected chi connectivity index (χ4v) is 3.55. The number of likely N-dealkylation sites (tertiary alicyclic amines) is 1. The molecule has 0 aromatic heterocycles. The molecule has 5 heteroatoms. The van der Waals surface area contributed by atoms with Gasteiger partial charge in [-0.05, 0) is 20.8 Å². The first-order chi connectivity index (χ1) is 8.36. The van der Waals surface area contributed by atoms with Crippen LogP contribution in [0.2, 0.25) is 0 Å². The van der Waals surface area contributed by atoms with Crippen LogP contribution in [0.3, 0.4) is 0 Å². The lowest BCUT2D eigenvalue weighted by atomic mass is 9.71. The van der Waals surface area contributed by atoms with Gasteiger partial charge in [-0.25, -0.2) is 4.79 Å². The molecule has 0 saturated carbocycles. The Kier molecular flexibility index (Phi) is 2.45. The Balaban J connectivity index is 1.75. The summed E-state index contributed by atoms with van der Waals surface area (Å²) in [5.41, 5.74) is -0.193. The summed E-state index contributed by atoms with van der Waals surface area (Å²) in [7, 11) is 0. The standard InChI is InChI=1S/C13H22N2O3/c1-11(2,3)18-10(16)15-6-12-4-14-5-13(12,7-15)9-17-8-12/h14H,4-9H2,1-3H3. The molecule has 3 saturated heterocycles. The van der Waals surface area contributed by atoms with E-state index in [0.717, 1.165) is 39.4 Å². The predicted octanol–water partition coefficient (Wildman–Crippen LogP) is 0.843. The van der Waals surface area contributed by atoms with E-state index in [1.165, 1.54) is 0 Å². The van der Waals surface area contributed by atoms with Gasteiger partial charge in [0, 0.05) is 37.0 Å². The number of ether oxygens (including phenoxy) is 2. The van der Waals surface area contributed by atoms with E-state index in [0.29, 0.717) is 0 Å². The molecule has 0 bridgehead atoms. The largest absolute Gasteiger partial charge is 0.444 e. The molecule has 102 valence electrons. The quantitative estimate of drug-likeness (QED) is 0.696. The van der Waals surface area contributed by atoms with E-state index in [1.807, 2.05) is 25.7 Å². The van der Waals surface area contributed by atoms with Gasteiger partial charge in [0.2, 0.25) is 0 Å². The van der Waals surface area contributed by atoms with Gasteiger partial charge in [-0.1, -0.05) is 0 Å². The van der Waals surface area contributed by atoms with Crippen molar-refractivity contribution >= 4 is 6.09 Å². The Morgan fingerprint density at radius 1 is 1.22 bits per heavy atom. The lowest BCUT2D eigenvalue weighted by molar-refractivity contribution is 0.0217. The van der Waals surface area contributed by atoms with Gasteiger partial charge < -0.3 is 19.7 Å². The van der Waals surface area contributed by atoms with Gasteiger partial charge in [0.25, 0.3) is 0 Å². The van der Waals surface area contributed by atoms with Crippen molar-refractivity contribution in [3.63, 3.8) is 0 Å². The zero-order chi connectivity index (χ0) is 13.0. The Bertz CT molecular complexity index is 345. The average molecular weight is 254 g/mol. The maximum absolute atomic E-state index is 12.2. The Morgan fingerprint density at radius 2 is 1.78 bits per heavy atom. The molecule has 3 aliphatic rings. The average Bonchev–Trinajstić information content (AvgIpc) is 2.71. The van der Waals surface area contributed by atoms with Crippen LogP contribution in [0.4, 0.5) is 4.79 Å². The summed E-state index contributed by atoms with van der Waals surface area (Å²) < 4.78 is 11.1. The highest BCUT2D eigenvalue weighted by molar-refractivity contribution is 5.69. The smallest absolute Gasteiger partial charge is 0.410 e. The highest BCUT2D eigenvalue weighted by atomic mass is 16.6. The van der Waals surface area contributed by atoms with Gasteiger partial charge in [0.05, 0.1) is 13.2 Å². The van der Waals surface area contributed by atoms with E-state index in [4.69, 9.17) is 9.47 Å². The summed E-state index contributed by atoms with van der Waals surface area (Å²) in [5.74, 6) is 0. The van der Waals surface area contributed by atoms with E-state index < -0.39 is 5.60 Å². The van der Waals surface area contributed by atoms with Crippen LogP contribution in [-0.4, -0.2) is 56.0 Å². The van der Waals surface area contributed by atoms with Crippen LogP contribution in [-0.2, 0) is 9.47 Å². The lowest BCUT2D eigenvalue weighted by Gasteiger charge is -2.27. The first kappa shape index (κ1) is 12.2. The minimum Gasteiger partial charge on any atom is -0.444 e. The van der Waals surface area contributed by atoms with Crippen molar-refractivity contribution in [2.24, 2.45) is 10.8 Å². The lowest BCUT2D eigenvalue weighted by Crippen LogP contribution is -2.40. The fraction of sp³-hybridized carbons (Fsp3) is 0.923. The van der Waals surface area contributed by atoms with Gasteiger partial charge >= 0.3 is 6.09 Å². The third kappa shape index (κ3) is 1.64. The summed E-state index contributed by atoms with van der Waals surface area (Å²) in [5, 5.41) is 3.46. The number of nitrogens with zero attached hydrogens (tertiary/aromatic N) is 1. The summed E-state index contributed by atoms with van der Waals surface area (Å²) in [4.78, 5) is 14.0. The SMILES string of the molecule is CC(C)(C)OC(=O)N1CC23CNCC2(COC3)C1. The first-order valence-corrected chi connectivity index (χ1v) is 6.62. The Labute approximate surface area is 108 Å². The molecule has 0 radical (unpaired) electrons. The van der Waals surface area contributed by atoms with Crippen molar-refractivity contribution in [1.82, 2.24) is 10.2 Å². The van der Waals surface area contributed by atoms with Crippen LogP contribution in [0, 0.1) is 10.8 Å². The van der Waals surface area contributed by atoms with Crippen molar-refractivity contribution in [1.29, 1.82) is 0 Å². The van der Waals surface area contributed by atoms with Crippen LogP contribution in [0.25, 0.3) is 0 Å². The second-order valence-corrected chi connectivity index (χ2v) is 6.99. The molecule has 0 aromatic carbocycles. The maximum Gasteiger partial charge on any atom is 0.410 e. The highest BCUT2D eigenvalue weighted by Gasteiger charge is 2.65.